The molecule has 0 spiro atoms. The summed E-state index contributed by atoms with van der Waals surface area (Å²) in [4.78, 5) is 12.2. The van der Waals surface area contributed by atoms with E-state index in [9.17, 15) is 4.79 Å². The lowest BCUT2D eigenvalue weighted by Gasteiger charge is -2.15. The van der Waals surface area contributed by atoms with E-state index in [-0.39, 0.29) is 12.7 Å². The van der Waals surface area contributed by atoms with Crippen molar-refractivity contribution in [2.24, 2.45) is 0 Å². The monoisotopic (exact) mass is 324 g/mol. The van der Waals surface area contributed by atoms with E-state index in [1.54, 1.807) is 31.2 Å². The molecule has 0 bridgehead atoms. The fourth-order valence-electron chi connectivity index (χ4n) is 2.29. The lowest BCUT2D eigenvalue weighted by Crippen LogP contribution is -2.36. The third kappa shape index (κ3) is 3.41. The maximum Gasteiger partial charge on any atom is 0.261 e. The van der Waals surface area contributed by atoms with Crippen LogP contribution in [0.1, 0.15) is 18.1 Å². The lowest BCUT2D eigenvalue weighted by atomic mass is 10.2. The molecule has 0 saturated carbocycles. The molecule has 1 heterocycles. The Morgan fingerprint density at radius 2 is 2.08 bits per heavy atom. The average molecular weight is 324 g/mol. The van der Waals surface area contributed by atoms with Gasteiger partial charge in [-0.15, -0.1) is 0 Å². The van der Waals surface area contributed by atoms with Crippen molar-refractivity contribution in [1.29, 1.82) is 5.26 Å². The second kappa shape index (κ2) is 6.92. The van der Waals surface area contributed by atoms with Gasteiger partial charge in [0.15, 0.2) is 17.6 Å². The average Bonchev–Trinajstić information content (AvgIpc) is 3.07. The zero-order valence-electron chi connectivity index (χ0n) is 13.1. The standard InChI is InChI=1S/C18H16N2O4/c1-12(24-15-5-3-2-4-14(15)9-19)18(21)20-10-13-6-7-16-17(8-13)23-11-22-16/h2-8,12H,10-11H2,1H3,(H,20,21)/t12-/m1/s1. The molecule has 6 heteroatoms. The summed E-state index contributed by atoms with van der Waals surface area (Å²) in [5, 5.41) is 11.9. The molecule has 0 unspecified atom stereocenters. The van der Waals surface area contributed by atoms with Gasteiger partial charge in [0.1, 0.15) is 11.8 Å². The molecule has 122 valence electrons. The zero-order chi connectivity index (χ0) is 16.9. The SMILES string of the molecule is C[C@@H](Oc1ccccc1C#N)C(=O)NCc1ccc2c(c1)OCO2. The molecule has 0 aromatic heterocycles. The second-order valence-corrected chi connectivity index (χ2v) is 5.27. The number of para-hydroxylation sites is 1. The van der Waals surface area contributed by atoms with Crippen molar-refractivity contribution in [3.63, 3.8) is 0 Å². The topological polar surface area (TPSA) is 80.6 Å². The van der Waals surface area contributed by atoms with E-state index >= 15 is 0 Å². The molecule has 0 fully saturated rings. The summed E-state index contributed by atoms with van der Waals surface area (Å²) in [6.07, 6.45) is -0.714. The first-order valence-corrected chi connectivity index (χ1v) is 7.49. The number of hydrogen-bond donors (Lipinski definition) is 1. The van der Waals surface area contributed by atoms with Crippen LogP contribution in [0.4, 0.5) is 0 Å². The van der Waals surface area contributed by atoms with Crippen LogP contribution in [0.25, 0.3) is 0 Å². The van der Waals surface area contributed by atoms with Gasteiger partial charge >= 0.3 is 0 Å². The fourth-order valence-corrected chi connectivity index (χ4v) is 2.29. The van der Waals surface area contributed by atoms with Crippen molar-refractivity contribution in [3.8, 4) is 23.3 Å². The summed E-state index contributed by atoms with van der Waals surface area (Å²) in [5.74, 6) is 1.51. The lowest BCUT2D eigenvalue weighted by molar-refractivity contribution is -0.127. The quantitative estimate of drug-likeness (QED) is 0.913. The summed E-state index contributed by atoms with van der Waals surface area (Å²) in [5.41, 5.74) is 1.30. The number of amides is 1. The van der Waals surface area contributed by atoms with E-state index in [4.69, 9.17) is 19.5 Å². The van der Waals surface area contributed by atoms with Gasteiger partial charge in [-0.3, -0.25) is 4.79 Å². The van der Waals surface area contributed by atoms with Gasteiger partial charge in [0.05, 0.1) is 5.56 Å². The van der Waals surface area contributed by atoms with Crippen molar-refractivity contribution >= 4 is 5.91 Å². The molecule has 2 aromatic carbocycles. The molecule has 0 saturated heterocycles. The highest BCUT2D eigenvalue weighted by Gasteiger charge is 2.17. The van der Waals surface area contributed by atoms with E-state index in [0.29, 0.717) is 29.4 Å². The number of hydrogen-bond acceptors (Lipinski definition) is 5. The van der Waals surface area contributed by atoms with E-state index in [2.05, 4.69) is 5.32 Å². The molecule has 1 atom stereocenters. The Labute approximate surface area is 139 Å². The third-order valence-corrected chi connectivity index (χ3v) is 3.58. The first kappa shape index (κ1) is 15.7. The first-order valence-electron chi connectivity index (χ1n) is 7.49. The van der Waals surface area contributed by atoms with Gasteiger partial charge in [-0.2, -0.15) is 5.26 Å². The molecule has 0 aliphatic carbocycles. The fraction of sp³-hybridized carbons (Fsp3) is 0.222. The minimum Gasteiger partial charge on any atom is -0.480 e. The third-order valence-electron chi connectivity index (χ3n) is 3.58. The van der Waals surface area contributed by atoms with Crippen LogP contribution in [-0.4, -0.2) is 18.8 Å². The van der Waals surface area contributed by atoms with Crippen LogP contribution < -0.4 is 19.5 Å². The number of carbonyl (C=O) groups is 1. The number of fused-ring (bicyclic) bond motifs is 1. The number of rotatable bonds is 5. The van der Waals surface area contributed by atoms with Crippen molar-refractivity contribution in [2.75, 3.05) is 6.79 Å². The van der Waals surface area contributed by atoms with Crippen molar-refractivity contribution in [1.82, 2.24) is 5.32 Å². The van der Waals surface area contributed by atoms with E-state index < -0.39 is 6.10 Å². The molecule has 1 amide bonds. The van der Waals surface area contributed by atoms with Gasteiger partial charge < -0.3 is 19.5 Å². The summed E-state index contributed by atoms with van der Waals surface area (Å²) in [7, 11) is 0. The van der Waals surface area contributed by atoms with Crippen LogP contribution in [0.15, 0.2) is 42.5 Å². The Bertz CT molecular complexity index is 798. The Hall–Kier alpha value is -3.20. The highest BCUT2D eigenvalue weighted by atomic mass is 16.7. The molecule has 1 aliphatic rings. The Kier molecular flexibility index (Phi) is 4.52. The van der Waals surface area contributed by atoms with E-state index in [1.165, 1.54) is 0 Å². The van der Waals surface area contributed by atoms with E-state index in [0.717, 1.165) is 5.56 Å². The number of nitriles is 1. The molecule has 2 aromatic rings. The highest BCUT2D eigenvalue weighted by Crippen LogP contribution is 2.32. The summed E-state index contributed by atoms with van der Waals surface area (Å²) < 4.78 is 16.1. The van der Waals surface area contributed by atoms with Crippen LogP contribution >= 0.6 is 0 Å². The maximum absolute atomic E-state index is 12.2. The number of carbonyl (C=O) groups excluding carboxylic acids is 1. The summed E-state index contributed by atoms with van der Waals surface area (Å²) >= 11 is 0. The zero-order valence-corrected chi connectivity index (χ0v) is 13.1. The minimum absolute atomic E-state index is 0.217. The van der Waals surface area contributed by atoms with Crippen molar-refractivity contribution in [3.05, 3.63) is 53.6 Å². The molecule has 24 heavy (non-hydrogen) atoms. The van der Waals surface area contributed by atoms with Gasteiger partial charge in [-0.05, 0) is 36.8 Å². The maximum atomic E-state index is 12.2. The molecule has 1 aliphatic heterocycles. The smallest absolute Gasteiger partial charge is 0.261 e. The predicted molar refractivity (Wildman–Crippen MR) is 85.7 cm³/mol. The summed E-state index contributed by atoms with van der Waals surface area (Å²) in [6, 6.07) is 14.4. The van der Waals surface area contributed by atoms with Gasteiger partial charge in [-0.25, -0.2) is 0 Å². The van der Waals surface area contributed by atoms with Crippen molar-refractivity contribution in [2.45, 2.75) is 19.6 Å². The Balaban J connectivity index is 1.57. The minimum atomic E-state index is -0.714. The number of ether oxygens (including phenoxy) is 3. The van der Waals surface area contributed by atoms with Gasteiger partial charge in [0.25, 0.3) is 5.91 Å². The molecule has 3 rings (SSSR count). The molecule has 1 N–H and O–H groups in total. The Morgan fingerprint density at radius 1 is 1.29 bits per heavy atom. The van der Waals surface area contributed by atoms with Crippen LogP contribution in [0.5, 0.6) is 17.2 Å². The highest BCUT2D eigenvalue weighted by molar-refractivity contribution is 5.80. The van der Waals surface area contributed by atoms with Crippen LogP contribution in [-0.2, 0) is 11.3 Å². The van der Waals surface area contributed by atoms with Crippen LogP contribution in [0, 0.1) is 11.3 Å². The van der Waals surface area contributed by atoms with Gasteiger partial charge in [0.2, 0.25) is 6.79 Å². The number of nitrogens with one attached hydrogen (secondary N) is 1. The molecule has 0 radical (unpaired) electrons. The largest absolute Gasteiger partial charge is 0.480 e. The number of nitrogens with zero attached hydrogens (tertiary/aromatic N) is 1. The predicted octanol–water partition coefficient (Wildman–Crippen LogP) is 2.37. The van der Waals surface area contributed by atoms with Crippen LogP contribution in [0.2, 0.25) is 0 Å². The molecular weight excluding hydrogens is 308 g/mol. The molecule has 6 nitrogen and oxygen atoms in total. The van der Waals surface area contributed by atoms with Gasteiger partial charge in [-0.1, -0.05) is 18.2 Å². The van der Waals surface area contributed by atoms with Crippen LogP contribution in [0.3, 0.4) is 0 Å². The molecular formula is C18H16N2O4. The second-order valence-electron chi connectivity index (χ2n) is 5.27. The van der Waals surface area contributed by atoms with Crippen molar-refractivity contribution < 1.29 is 19.0 Å². The Morgan fingerprint density at radius 3 is 2.92 bits per heavy atom. The first-order chi connectivity index (χ1) is 11.7. The van der Waals surface area contributed by atoms with Gasteiger partial charge in [0, 0.05) is 6.54 Å². The van der Waals surface area contributed by atoms with E-state index in [1.807, 2.05) is 24.3 Å². The number of benzene rings is 2. The summed E-state index contributed by atoms with van der Waals surface area (Å²) in [6.45, 7) is 2.21. The normalized spacial score (nSPS) is 13.0.